The number of benzene rings is 2. The van der Waals surface area contributed by atoms with Crippen molar-refractivity contribution in [2.45, 2.75) is 19.9 Å². The van der Waals surface area contributed by atoms with Crippen LogP contribution in [0.25, 0.3) is 16.6 Å². The van der Waals surface area contributed by atoms with Crippen molar-refractivity contribution < 1.29 is 9.90 Å². The van der Waals surface area contributed by atoms with Crippen molar-refractivity contribution in [3.05, 3.63) is 65.7 Å². The highest BCUT2D eigenvalue weighted by Gasteiger charge is 2.22. The number of carbonyl (C=O) groups excluding carboxylic acids is 1. The van der Waals surface area contributed by atoms with Gasteiger partial charge in [-0.2, -0.15) is 5.26 Å². The molecule has 0 aliphatic rings. The van der Waals surface area contributed by atoms with Gasteiger partial charge in [0.25, 0.3) is 0 Å². The molecule has 7 nitrogen and oxygen atoms in total. The monoisotopic (exact) mass is 389 g/mol. The maximum atomic E-state index is 12.3. The van der Waals surface area contributed by atoms with Gasteiger partial charge in [-0.1, -0.05) is 29.8 Å². The predicted molar refractivity (Wildman–Crippen MR) is 113 cm³/mol. The van der Waals surface area contributed by atoms with E-state index in [0.717, 1.165) is 11.1 Å². The van der Waals surface area contributed by atoms with Crippen LogP contribution in [0, 0.1) is 18.3 Å². The minimum atomic E-state index is -0.554. The summed E-state index contributed by atoms with van der Waals surface area (Å²) in [5, 5.41) is 23.1. The zero-order chi connectivity index (χ0) is 21.0. The van der Waals surface area contributed by atoms with Crippen molar-refractivity contribution in [2.24, 2.45) is 0 Å². The lowest BCUT2D eigenvalue weighted by molar-refractivity contribution is -0.117. The lowest BCUT2D eigenvalue weighted by atomic mass is 10.1. The van der Waals surface area contributed by atoms with Crippen molar-refractivity contribution in [3.8, 4) is 6.07 Å². The Hall–Kier alpha value is -3.63. The van der Waals surface area contributed by atoms with Gasteiger partial charge in [0, 0.05) is 5.69 Å². The fraction of sp³-hybridized carbons (Fsp3) is 0.227. The molecule has 7 heteroatoms. The second-order valence-electron chi connectivity index (χ2n) is 6.98. The largest absolute Gasteiger partial charge is 0.509 e. The quantitative estimate of drug-likeness (QED) is 0.441. The van der Waals surface area contributed by atoms with Crippen LogP contribution in [0.1, 0.15) is 18.3 Å². The van der Waals surface area contributed by atoms with Gasteiger partial charge in [0.15, 0.2) is 5.82 Å². The summed E-state index contributed by atoms with van der Waals surface area (Å²) in [6.45, 7) is 3.76. The van der Waals surface area contributed by atoms with Gasteiger partial charge in [0.1, 0.15) is 17.4 Å². The Kier molecular flexibility index (Phi) is 5.96. The molecule has 0 fully saturated rings. The first kappa shape index (κ1) is 20.1. The number of fused-ring (bicyclic) bond motifs is 1. The fourth-order valence-corrected chi connectivity index (χ4v) is 2.92. The number of allylic oxidation sites excluding steroid dienone is 1. The molecule has 0 aliphatic carbocycles. The number of para-hydroxylation sites is 2. The lowest BCUT2D eigenvalue weighted by Gasteiger charge is -2.24. The third kappa shape index (κ3) is 4.62. The van der Waals surface area contributed by atoms with Gasteiger partial charge in [0.05, 0.1) is 23.6 Å². The number of aliphatic hydroxyl groups excluding tert-OH is 1. The van der Waals surface area contributed by atoms with E-state index >= 15 is 0 Å². The molecule has 3 N–H and O–H groups in total. The number of rotatable bonds is 6. The van der Waals surface area contributed by atoms with Crippen molar-refractivity contribution in [1.29, 1.82) is 5.26 Å². The molecule has 0 saturated carbocycles. The number of likely N-dealkylation sites (N-methyl/N-ethyl adjacent to an activating group) is 1. The van der Waals surface area contributed by atoms with Crippen molar-refractivity contribution in [1.82, 2.24) is 14.9 Å². The Morgan fingerprint density at radius 1 is 1.28 bits per heavy atom. The van der Waals surface area contributed by atoms with Crippen LogP contribution in [-0.2, 0) is 4.79 Å². The number of nitrogens with zero attached hydrogens (tertiary/aromatic N) is 3. The van der Waals surface area contributed by atoms with Crippen molar-refractivity contribution in [3.63, 3.8) is 0 Å². The van der Waals surface area contributed by atoms with Crippen LogP contribution in [0.3, 0.4) is 0 Å². The van der Waals surface area contributed by atoms with Crippen LogP contribution in [0.2, 0.25) is 0 Å². The molecule has 3 rings (SSSR count). The van der Waals surface area contributed by atoms with Gasteiger partial charge in [-0.25, -0.2) is 4.98 Å². The number of nitrogens with one attached hydrogen (secondary N) is 2. The molecule has 148 valence electrons. The summed E-state index contributed by atoms with van der Waals surface area (Å²) in [5.74, 6) is -0.0500. The zero-order valence-corrected chi connectivity index (χ0v) is 16.6. The van der Waals surface area contributed by atoms with Crippen LogP contribution in [-0.4, -0.2) is 45.5 Å². The summed E-state index contributed by atoms with van der Waals surface area (Å²) >= 11 is 0. The number of aromatic amines is 1. The normalized spacial score (nSPS) is 13.1. The molecule has 0 bridgehead atoms. The first-order valence-electron chi connectivity index (χ1n) is 9.24. The molecule has 29 heavy (non-hydrogen) atoms. The highest BCUT2D eigenvalue weighted by atomic mass is 16.3. The van der Waals surface area contributed by atoms with Gasteiger partial charge in [-0.15, -0.1) is 0 Å². The van der Waals surface area contributed by atoms with E-state index in [2.05, 4.69) is 15.3 Å². The molecule has 3 aromatic rings. The number of hydrogen-bond acceptors (Lipinski definition) is 5. The van der Waals surface area contributed by atoms with Gasteiger partial charge in [0.2, 0.25) is 5.91 Å². The number of nitriles is 1. The number of hydrogen-bond donors (Lipinski definition) is 3. The van der Waals surface area contributed by atoms with Crippen LogP contribution >= 0.6 is 0 Å². The van der Waals surface area contributed by atoms with E-state index in [9.17, 15) is 15.2 Å². The van der Waals surface area contributed by atoms with Gasteiger partial charge in [-0.3, -0.25) is 9.69 Å². The summed E-state index contributed by atoms with van der Waals surface area (Å²) in [6.07, 6.45) is 0. The maximum absolute atomic E-state index is 12.3. The standard InChI is InChI=1S/C22H23N5O2/c1-14-8-10-16(11-9-14)24-20(28)13-27(3)15(2)21(29)17(12-23)22-25-18-6-4-5-7-19(18)26-22/h4-11,15,29H,13H2,1-3H3,(H,24,28)(H,25,26)/b21-17-/t15-/m0/s1. The molecule has 0 spiro atoms. The number of anilines is 1. The predicted octanol–water partition coefficient (Wildman–Crippen LogP) is 3.62. The zero-order valence-electron chi connectivity index (χ0n) is 16.6. The molecule has 0 unspecified atom stereocenters. The summed E-state index contributed by atoms with van der Waals surface area (Å²) < 4.78 is 0. The summed E-state index contributed by atoms with van der Waals surface area (Å²) in [7, 11) is 1.71. The molecule has 2 aromatic carbocycles. The molecule has 1 aromatic heterocycles. The van der Waals surface area contributed by atoms with E-state index < -0.39 is 6.04 Å². The fourth-order valence-electron chi connectivity index (χ4n) is 2.92. The summed E-state index contributed by atoms with van der Waals surface area (Å²) in [6, 6.07) is 16.4. The van der Waals surface area contributed by atoms with Crippen LogP contribution in [0.5, 0.6) is 0 Å². The van der Waals surface area contributed by atoms with Crippen molar-refractivity contribution >= 4 is 28.2 Å². The van der Waals surface area contributed by atoms with Gasteiger partial charge < -0.3 is 15.4 Å². The molecule has 1 amide bonds. The third-order valence-electron chi connectivity index (χ3n) is 4.78. The van der Waals surface area contributed by atoms with Crippen LogP contribution in [0.4, 0.5) is 5.69 Å². The molecule has 0 radical (unpaired) electrons. The Labute approximate surface area is 169 Å². The van der Waals surface area contributed by atoms with Crippen LogP contribution in [0.15, 0.2) is 54.3 Å². The topological polar surface area (TPSA) is 105 Å². The number of amides is 1. The average molecular weight is 389 g/mol. The molecule has 0 saturated heterocycles. The Balaban J connectivity index is 1.74. The number of aliphatic hydroxyl groups is 1. The van der Waals surface area contributed by atoms with E-state index in [-0.39, 0.29) is 23.8 Å². The Bertz CT molecular complexity index is 1060. The first-order valence-corrected chi connectivity index (χ1v) is 9.24. The smallest absolute Gasteiger partial charge is 0.238 e. The summed E-state index contributed by atoms with van der Waals surface area (Å²) in [4.78, 5) is 21.4. The molecular weight excluding hydrogens is 366 g/mol. The highest BCUT2D eigenvalue weighted by Crippen LogP contribution is 2.21. The van der Waals surface area contributed by atoms with Crippen LogP contribution < -0.4 is 5.32 Å². The molecular formula is C22H23N5O2. The minimum Gasteiger partial charge on any atom is -0.509 e. The minimum absolute atomic E-state index is 0.0535. The number of imidazole rings is 1. The second kappa shape index (κ2) is 8.59. The molecule has 1 heterocycles. The Morgan fingerprint density at radius 2 is 1.97 bits per heavy atom. The third-order valence-corrected chi connectivity index (χ3v) is 4.78. The van der Waals surface area contributed by atoms with E-state index in [1.165, 1.54) is 0 Å². The van der Waals surface area contributed by atoms with E-state index in [4.69, 9.17) is 0 Å². The number of carbonyl (C=O) groups is 1. The van der Waals surface area contributed by atoms with E-state index in [1.54, 1.807) is 18.9 Å². The maximum Gasteiger partial charge on any atom is 0.238 e. The first-order chi connectivity index (χ1) is 13.9. The van der Waals surface area contributed by atoms with Gasteiger partial charge in [-0.05, 0) is 45.2 Å². The summed E-state index contributed by atoms with van der Waals surface area (Å²) in [5.41, 5.74) is 3.36. The number of H-pyrrole nitrogens is 1. The number of aromatic nitrogens is 2. The number of aryl methyl sites for hydroxylation is 1. The SMILES string of the molecule is Cc1ccc(NC(=O)CN(C)[C@@H](C)/C(O)=C(\C#N)c2nc3ccccc3[nH]2)cc1. The molecule has 1 atom stereocenters. The second-order valence-corrected chi connectivity index (χ2v) is 6.98. The average Bonchev–Trinajstić information content (AvgIpc) is 3.13. The molecule has 0 aliphatic heterocycles. The lowest BCUT2D eigenvalue weighted by Crippen LogP contribution is -2.37. The van der Waals surface area contributed by atoms with E-state index in [1.807, 2.05) is 61.5 Å². The van der Waals surface area contributed by atoms with Gasteiger partial charge >= 0.3 is 0 Å². The van der Waals surface area contributed by atoms with Crippen molar-refractivity contribution in [2.75, 3.05) is 18.9 Å². The highest BCUT2D eigenvalue weighted by molar-refractivity contribution is 5.92. The van der Waals surface area contributed by atoms with E-state index in [0.29, 0.717) is 17.0 Å². The Morgan fingerprint density at radius 3 is 2.62 bits per heavy atom.